The van der Waals surface area contributed by atoms with Crippen LogP contribution in [0.3, 0.4) is 0 Å². The van der Waals surface area contributed by atoms with Gasteiger partial charge in [0.05, 0.1) is 25.2 Å². The summed E-state index contributed by atoms with van der Waals surface area (Å²) in [4.78, 5) is 14.3. The van der Waals surface area contributed by atoms with E-state index in [0.29, 0.717) is 49.1 Å². The van der Waals surface area contributed by atoms with Crippen LogP contribution in [0.1, 0.15) is 36.4 Å². The van der Waals surface area contributed by atoms with Crippen molar-refractivity contribution in [2.45, 2.75) is 36.3 Å². The van der Waals surface area contributed by atoms with Crippen molar-refractivity contribution >= 4 is 16.2 Å². The third-order valence-electron chi connectivity index (χ3n) is 7.86. The number of ether oxygens (including phenoxy) is 5. The highest BCUT2D eigenvalue weighted by atomic mass is 32.2. The first kappa shape index (κ1) is 30.5. The smallest absolute Gasteiger partial charge is 0.497 e. The van der Waals surface area contributed by atoms with Gasteiger partial charge >= 0.3 is 6.16 Å². The van der Waals surface area contributed by atoms with E-state index >= 15 is 0 Å². The minimum Gasteiger partial charge on any atom is -0.497 e. The van der Waals surface area contributed by atoms with Crippen molar-refractivity contribution in [3.63, 3.8) is 0 Å². The fourth-order valence-electron chi connectivity index (χ4n) is 5.77. The Bertz CT molecular complexity index is 1510. The lowest BCUT2D eigenvalue weighted by molar-refractivity contribution is 0.0283. The Morgan fingerprint density at radius 1 is 0.930 bits per heavy atom. The molecule has 43 heavy (non-hydrogen) atoms. The van der Waals surface area contributed by atoms with Crippen molar-refractivity contribution in [3.05, 3.63) is 77.9 Å². The number of hydrogen-bond donors (Lipinski definition) is 1. The molecule has 230 valence electrons. The highest BCUT2D eigenvalue weighted by Crippen LogP contribution is 2.45. The second-order valence-corrected chi connectivity index (χ2v) is 12.3. The summed E-state index contributed by atoms with van der Waals surface area (Å²) >= 11 is 0. The maximum absolute atomic E-state index is 13.7. The molecule has 5 rings (SSSR count). The van der Waals surface area contributed by atoms with E-state index in [1.807, 2.05) is 49.4 Å². The van der Waals surface area contributed by atoms with Gasteiger partial charge in [-0.15, -0.1) is 0 Å². The van der Waals surface area contributed by atoms with Crippen molar-refractivity contribution in [3.8, 4) is 23.0 Å². The van der Waals surface area contributed by atoms with E-state index in [1.54, 1.807) is 31.4 Å². The standard InChI is InChI=1S/C31H36N2O9S/c1-4-15-33(43(36,37)25-12-10-24(39-3)11-13-25)17-16-32-19-26(22-7-14-27-28(18-22)41-20-40-27)30(42-31(34)35)29(32)21-5-8-23(38-2)9-6-21/h5-14,18,26,29-30H,4,15-17,19-20H2,1-3H3,(H,34,35)/t26-,29-,30+/m1/s1. The Kier molecular flexibility index (Phi) is 9.28. The van der Waals surface area contributed by atoms with Crippen molar-refractivity contribution < 1.29 is 42.0 Å². The SMILES string of the molecule is CCCN(CCN1C[C@H](c2ccc3c(c2)OCO3)[C@H](OC(=O)O)[C@H]1c1ccc(OC)cc1)S(=O)(=O)c1ccc(OC)cc1. The summed E-state index contributed by atoms with van der Waals surface area (Å²) in [6.07, 6.45) is -1.53. The third kappa shape index (κ3) is 6.51. The van der Waals surface area contributed by atoms with E-state index in [-0.39, 0.29) is 24.2 Å². The van der Waals surface area contributed by atoms with Gasteiger partial charge in [0.1, 0.15) is 17.6 Å². The number of fused-ring (bicyclic) bond motifs is 1. The summed E-state index contributed by atoms with van der Waals surface area (Å²) in [5, 5.41) is 9.78. The van der Waals surface area contributed by atoms with Crippen LogP contribution in [0, 0.1) is 0 Å². The number of hydrogen-bond acceptors (Lipinski definition) is 9. The fourth-order valence-corrected chi connectivity index (χ4v) is 7.29. The van der Waals surface area contributed by atoms with Crippen LogP contribution in [0.25, 0.3) is 0 Å². The Labute approximate surface area is 251 Å². The quantitative estimate of drug-likeness (QED) is 0.287. The van der Waals surface area contributed by atoms with E-state index in [1.165, 1.54) is 11.4 Å². The molecule has 0 radical (unpaired) electrons. The molecule has 12 heteroatoms. The Hall–Kier alpha value is -4.00. The van der Waals surface area contributed by atoms with Crippen LogP contribution in [-0.4, -0.2) is 82.2 Å². The third-order valence-corrected chi connectivity index (χ3v) is 9.77. The van der Waals surface area contributed by atoms with Crippen LogP contribution in [0.4, 0.5) is 4.79 Å². The molecule has 11 nitrogen and oxygen atoms in total. The van der Waals surface area contributed by atoms with E-state index in [9.17, 15) is 18.3 Å². The van der Waals surface area contributed by atoms with Crippen LogP contribution < -0.4 is 18.9 Å². The molecule has 0 bridgehead atoms. The zero-order valence-electron chi connectivity index (χ0n) is 24.3. The van der Waals surface area contributed by atoms with Crippen LogP contribution in [0.5, 0.6) is 23.0 Å². The molecule has 0 saturated carbocycles. The first-order valence-electron chi connectivity index (χ1n) is 14.1. The Morgan fingerprint density at radius 2 is 1.56 bits per heavy atom. The van der Waals surface area contributed by atoms with Gasteiger partial charge in [-0.05, 0) is 66.1 Å². The van der Waals surface area contributed by atoms with Gasteiger partial charge in [-0.25, -0.2) is 13.2 Å². The Morgan fingerprint density at radius 3 is 2.19 bits per heavy atom. The first-order chi connectivity index (χ1) is 20.7. The zero-order chi connectivity index (χ0) is 30.6. The minimum absolute atomic E-state index is 0.120. The first-order valence-corrected chi connectivity index (χ1v) is 15.5. The minimum atomic E-state index is -3.80. The fraction of sp³-hybridized carbons (Fsp3) is 0.387. The average molecular weight is 613 g/mol. The lowest BCUT2D eigenvalue weighted by Crippen LogP contribution is -2.40. The van der Waals surface area contributed by atoms with Crippen LogP contribution in [0.2, 0.25) is 0 Å². The van der Waals surface area contributed by atoms with Crippen molar-refractivity contribution in [1.29, 1.82) is 0 Å². The second kappa shape index (κ2) is 13.1. The molecule has 2 aliphatic heterocycles. The lowest BCUT2D eigenvalue weighted by Gasteiger charge is -2.30. The number of carbonyl (C=O) groups is 1. The lowest BCUT2D eigenvalue weighted by atomic mass is 9.90. The van der Waals surface area contributed by atoms with Crippen LogP contribution >= 0.6 is 0 Å². The maximum Gasteiger partial charge on any atom is 0.506 e. The van der Waals surface area contributed by atoms with E-state index in [4.69, 9.17) is 23.7 Å². The second-order valence-electron chi connectivity index (χ2n) is 10.4. The summed E-state index contributed by atoms with van der Waals surface area (Å²) in [5.74, 6) is 2.09. The molecule has 3 atom stereocenters. The molecule has 0 aliphatic carbocycles. The largest absolute Gasteiger partial charge is 0.506 e. The predicted octanol–water partition coefficient (Wildman–Crippen LogP) is 4.74. The normalized spacial score (nSPS) is 19.9. The number of rotatable bonds is 12. The predicted molar refractivity (Wildman–Crippen MR) is 158 cm³/mol. The van der Waals surface area contributed by atoms with E-state index in [2.05, 4.69) is 4.90 Å². The Balaban J connectivity index is 1.47. The van der Waals surface area contributed by atoms with Gasteiger partial charge in [0.15, 0.2) is 11.5 Å². The number of benzene rings is 3. The van der Waals surface area contributed by atoms with Crippen molar-refractivity contribution in [2.24, 2.45) is 0 Å². The highest BCUT2D eigenvalue weighted by molar-refractivity contribution is 7.89. The molecule has 1 saturated heterocycles. The molecular formula is C31H36N2O9S. The van der Waals surface area contributed by atoms with Crippen LogP contribution in [-0.2, 0) is 14.8 Å². The van der Waals surface area contributed by atoms with Crippen molar-refractivity contribution in [1.82, 2.24) is 9.21 Å². The molecule has 2 heterocycles. The van der Waals surface area contributed by atoms with E-state index in [0.717, 1.165) is 11.1 Å². The molecule has 0 amide bonds. The molecule has 0 unspecified atom stereocenters. The monoisotopic (exact) mass is 612 g/mol. The number of sulfonamides is 1. The van der Waals surface area contributed by atoms with Gasteiger partial charge in [-0.2, -0.15) is 4.31 Å². The summed E-state index contributed by atoms with van der Waals surface area (Å²) in [6.45, 7) is 3.34. The summed E-state index contributed by atoms with van der Waals surface area (Å²) in [6, 6.07) is 18.8. The molecular weight excluding hydrogens is 576 g/mol. The molecule has 1 N–H and O–H groups in total. The maximum atomic E-state index is 13.7. The molecule has 3 aromatic carbocycles. The summed E-state index contributed by atoms with van der Waals surface area (Å²) in [5.41, 5.74) is 1.67. The number of nitrogens with zero attached hydrogens (tertiary/aromatic N) is 2. The molecule has 1 fully saturated rings. The summed E-state index contributed by atoms with van der Waals surface area (Å²) < 4.78 is 56.0. The van der Waals surface area contributed by atoms with Crippen molar-refractivity contribution in [2.75, 3.05) is 47.2 Å². The number of likely N-dealkylation sites (tertiary alicyclic amines) is 1. The zero-order valence-corrected chi connectivity index (χ0v) is 25.2. The average Bonchev–Trinajstić information content (AvgIpc) is 3.63. The summed E-state index contributed by atoms with van der Waals surface area (Å²) in [7, 11) is -0.691. The molecule has 0 aromatic heterocycles. The number of carboxylic acid groups (broad SMARTS) is 1. The molecule has 0 spiro atoms. The number of methoxy groups -OCH3 is 2. The van der Waals surface area contributed by atoms with Gasteiger partial charge < -0.3 is 28.8 Å². The molecule has 3 aromatic rings. The van der Waals surface area contributed by atoms with Crippen LogP contribution in [0.15, 0.2) is 71.6 Å². The highest BCUT2D eigenvalue weighted by Gasteiger charge is 2.46. The van der Waals surface area contributed by atoms with Gasteiger partial charge in [-0.3, -0.25) is 4.90 Å². The van der Waals surface area contributed by atoms with Gasteiger partial charge in [-0.1, -0.05) is 25.1 Å². The topological polar surface area (TPSA) is 124 Å². The van der Waals surface area contributed by atoms with Gasteiger partial charge in [0.2, 0.25) is 16.8 Å². The van der Waals surface area contributed by atoms with E-state index < -0.39 is 28.3 Å². The molecule has 2 aliphatic rings. The van der Waals surface area contributed by atoms with Gasteiger partial charge in [0.25, 0.3) is 0 Å². The van der Waals surface area contributed by atoms with Gasteiger partial charge in [0, 0.05) is 32.1 Å².